The Morgan fingerprint density at radius 3 is 1.75 bits per heavy atom. The van der Waals surface area contributed by atoms with Gasteiger partial charge in [-0.1, -0.05) is 133 Å². The van der Waals surface area contributed by atoms with Gasteiger partial charge in [0.05, 0.1) is 13.2 Å². The highest BCUT2D eigenvalue weighted by molar-refractivity contribution is 6.27. The molecule has 53 heavy (non-hydrogen) atoms. The minimum absolute atomic E-state index is 0.679. The van der Waals surface area contributed by atoms with Crippen LogP contribution in [0.1, 0.15) is 16.7 Å². The SMILES string of the molecule is C1=CC(c2ccc(-c3ccccc3)cc2)(c2ccc(N3CCOCC3)cc2)Oc2c(Oc3ccccc3)cc3c4ccccc4c4ccccc4c3c21. The van der Waals surface area contributed by atoms with Gasteiger partial charge in [-0.25, -0.2) is 0 Å². The molecule has 0 amide bonds. The zero-order valence-corrected chi connectivity index (χ0v) is 29.2. The van der Waals surface area contributed by atoms with Crippen LogP contribution in [0, 0.1) is 0 Å². The van der Waals surface area contributed by atoms with Gasteiger partial charge in [-0.05, 0) is 80.5 Å². The maximum atomic E-state index is 7.55. The van der Waals surface area contributed by atoms with E-state index in [0.717, 1.165) is 65.1 Å². The number of rotatable bonds is 6. The van der Waals surface area contributed by atoms with Crippen LogP contribution in [-0.4, -0.2) is 26.3 Å². The highest BCUT2D eigenvalue weighted by atomic mass is 16.5. The van der Waals surface area contributed by atoms with Crippen LogP contribution in [0.2, 0.25) is 0 Å². The van der Waals surface area contributed by atoms with Crippen molar-refractivity contribution in [2.24, 2.45) is 0 Å². The Labute approximate surface area is 309 Å². The van der Waals surface area contributed by atoms with Crippen LogP contribution >= 0.6 is 0 Å². The third-order valence-corrected chi connectivity index (χ3v) is 10.8. The van der Waals surface area contributed by atoms with Gasteiger partial charge < -0.3 is 19.1 Å². The summed E-state index contributed by atoms with van der Waals surface area (Å²) in [5.74, 6) is 2.15. The van der Waals surface area contributed by atoms with E-state index >= 15 is 0 Å². The number of benzene rings is 8. The standard InChI is InChI=1S/C49H37NO3/c1-3-11-34(12-4-1)35-19-21-36(22-20-35)49(37-23-25-38(26-24-37)50-29-31-51-32-30-50)28-27-44-47-43-18-10-9-16-41(43)40-15-7-8-17-42(40)45(47)33-46(48(44)53-49)52-39-13-5-2-6-14-39/h1-28,33H,29-32H2. The molecule has 0 aliphatic carbocycles. The Morgan fingerprint density at radius 1 is 0.528 bits per heavy atom. The summed E-state index contributed by atoms with van der Waals surface area (Å²) in [5.41, 5.74) is 5.68. The molecule has 0 saturated carbocycles. The molecule has 1 saturated heterocycles. The summed E-state index contributed by atoms with van der Waals surface area (Å²) in [5, 5.41) is 7.09. The van der Waals surface area contributed by atoms with Gasteiger partial charge in [0, 0.05) is 40.9 Å². The topological polar surface area (TPSA) is 30.9 Å². The summed E-state index contributed by atoms with van der Waals surface area (Å²) in [7, 11) is 0. The fourth-order valence-corrected chi connectivity index (χ4v) is 8.16. The maximum Gasteiger partial charge on any atom is 0.178 e. The fourth-order valence-electron chi connectivity index (χ4n) is 8.16. The number of nitrogens with zero attached hydrogens (tertiary/aromatic N) is 1. The third kappa shape index (κ3) is 5.42. The minimum atomic E-state index is -0.930. The molecule has 4 nitrogen and oxygen atoms in total. The van der Waals surface area contributed by atoms with Crippen molar-refractivity contribution in [1.29, 1.82) is 0 Å². The number of morpholine rings is 1. The van der Waals surface area contributed by atoms with E-state index in [4.69, 9.17) is 14.2 Å². The molecule has 1 unspecified atom stereocenters. The summed E-state index contributed by atoms with van der Waals surface area (Å²) >= 11 is 0. The summed E-state index contributed by atoms with van der Waals surface area (Å²) < 4.78 is 20.0. The van der Waals surface area contributed by atoms with Crippen LogP contribution in [0.3, 0.4) is 0 Å². The summed E-state index contributed by atoms with van der Waals surface area (Å²) in [6.45, 7) is 3.24. The first-order valence-corrected chi connectivity index (χ1v) is 18.4. The van der Waals surface area contributed by atoms with Crippen molar-refractivity contribution in [2.45, 2.75) is 5.60 Å². The van der Waals surface area contributed by atoms with Crippen LogP contribution in [0.15, 0.2) is 170 Å². The second kappa shape index (κ2) is 13.0. The van der Waals surface area contributed by atoms with Gasteiger partial charge in [-0.3, -0.25) is 0 Å². The van der Waals surface area contributed by atoms with Crippen molar-refractivity contribution in [3.05, 3.63) is 187 Å². The lowest BCUT2D eigenvalue weighted by molar-refractivity contribution is 0.122. The monoisotopic (exact) mass is 687 g/mol. The van der Waals surface area contributed by atoms with Crippen molar-refractivity contribution in [2.75, 3.05) is 31.2 Å². The molecule has 1 atom stereocenters. The number of para-hydroxylation sites is 1. The molecule has 4 heteroatoms. The fraction of sp³-hybridized carbons (Fsp3) is 0.102. The van der Waals surface area contributed by atoms with Crippen molar-refractivity contribution in [3.63, 3.8) is 0 Å². The second-order valence-corrected chi connectivity index (χ2v) is 13.8. The summed E-state index contributed by atoms with van der Waals surface area (Å²) in [4.78, 5) is 2.38. The maximum absolute atomic E-state index is 7.55. The molecule has 2 aliphatic rings. The highest BCUT2D eigenvalue weighted by Gasteiger charge is 2.39. The molecule has 2 aliphatic heterocycles. The number of ether oxygens (including phenoxy) is 3. The largest absolute Gasteiger partial charge is 0.469 e. The molecule has 0 aromatic heterocycles. The molecule has 2 heterocycles. The van der Waals surface area contributed by atoms with E-state index in [0.29, 0.717) is 11.5 Å². The highest BCUT2D eigenvalue weighted by Crippen LogP contribution is 2.52. The molecular weight excluding hydrogens is 651 g/mol. The Bertz CT molecular complexity index is 2630. The molecule has 0 bridgehead atoms. The lowest BCUT2D eigenvalue weighted by Gasteiger charge is -2.38. The van der Waals surface area contributed by atoms with Crippen molar-refractivity contribution < 1.29 is 14.2 Å². The van der Waals surface area contributed by atoms with Crippen molar-refractivity contribution in [3.8, 4) is 28.4 Å². The predicted molar refractivity (Wildman–Crippen MR) is 217 cm³/mol. The van der Waals surface area contributed by atoms with Crippen LogP contribution in [-0.2, 0) is 10.3 Å². The molecule has 0 spiro atoms. The second-order valence-electron chi connectivity index (χ2n) is 13.8. The van der Waals surface area contributed by atoms with Crippen molar-refractivity contribution in [1.82, 2.24) is 0 Å². The van der Waals surface area contributed by atoms with Gasteiger partial charge in [0.15, 0.2) is 17.1 Å². The summed E-state index contributed by atoms with van der Waals surface area (Å²) in [6, 6.07) is 57.7. The number of anilines is 1. The Kier molecular flexibility index (Phi) is 7.70. The number of fused-ring (bicyclic) bond motifs is 8. The van der Waals surface area contributed by atoms with Gasteiger partial charge in [0.2, 0.25) is 0 Å². The predicted octanol–water partition coefficient (Wildman–Crippen LogP) is 11.8. The van der Waals surface area contributed by atoms with E-state index < -0.39 is 5.60 Å². The van der Waals surface area contributed by atoms with Gasteiger partial charge >= 0.3 is 0 Å². The molecule has 10 rings (SSSR count). The Morgan fingerprint density at radius 2 is 1.08 bits per heavy atom. The molecule has 1 fully saturated rings. The van der Waals surface area contributed by atoms with Crippen LogP contribution < -0.4 is 14.4 Å². The first-order valence-electron chi connectivity index (χ1n) is 18.4. The van der Waals surface area contributed by atoms with Crippen LogP contribution in [0.25, 0.3) is 49.5 Å². The van der Waals surface area contributed by atoms with Gasteiger partial charge in [0.25, 0.3) is 0 Å². The quantitative estimate of drug-likeness (QED) is 0.163. The minimum Gasteiger partial charge on any atom is -0.469 e. The lowest BCUT2D eigenvalue weighted by atomic mass is 9.81. The average molecular weight is 688 g/mol. The van der Waals surface area contributed by atoms with Gasteiger partial charge in [0.1, 0.15) is 5.75 Å². The van der Waals surface area contributed by atoms with E-state index in [1.54, 1.807) is 0 Å². The zero-order valence-electron chi connectivity index (χ0n) is 29.2. The van der Waals surface area contributed by atoms with E-state index in [2.05, 4.69) is 151 Å². The number of hydrogen-bond acceptors (Lipinski definition) is 4. The summed E-state index contributed by atoms with van der Waals surface area (Å²) in [6.07, 6.45) is 4.51. The number of hydrogen-bond donors (Lipinski definition) is 0. The molecule has 0 radical (unpaired) electrons. The Hall–Kier alpha value is -6.36. The molecule has 256 valence electrons. The first-order chi connectivity index (χ1) is 26.2. The normalized spacial score (nSPS) is 16.8. The van der Waals surface area contributed by atoms with Crippen LogP contribution in [0.4, 0.5) is 5.69 Å². The van der Waals surface area contributed by atoms with E-state index in [1.165, 1.54) is 32.8 Å². The molecule has 0 N–H and O–H groups in total. The molecular formula is C49H37NO3. The zero-order chi connectivity index (χ0) is 35.2. The van der Waals surface area contributed by atoms with Gasteiger partial charge in [-0.2, -0.15) is 0 Å². The third-order valence-electron chi connectivity index (χ3n) is 10.8. The van der Waals surface area contributed by atoms with Crippen molar-refractivity contribution >= 4 is 44.1 Å². The smallest absolute Gasteiger partial charge is 0.178 e. The van der Waals surface area contributed by atoms with E-state index in [1.807, 2.05) is 30.3 Å². The molecule has 8 aromatic carbocycles. The average Bonchev–Trinajstić information content (AvgIpc) is 3.25. The van der Waals surface area contributed by atoms with E-state index in [9.17, 15) is 0 Å². The van der Waals surface area contributed by atoms with E-state index in [-0.39, 0.29) is 0 Å². The van der Waals surface area contributed by atoms with Crippen LogP contribution in [0.5, 0.6) is 17.2 Å². The Balaban J connectivity index is 1.21. The first kappa shape index (κ1) is 31.4. The molecule has 8 aromatic rings. The van der Waals surface area contributed by atoms with Gasteiger partial charge in [-0.15, -0.1) is 0 Å². The lowest BCUT2D eigenvalue weighted by Crippen LogP contribution is -2.36.